The summed E-state index contributed by atoms with van der Waals surface area (Å²) in [6, 6.07) is 14.8. The molecule has 97 valence electrons. The first kappa shape index (κ1) is 13.0. The second-order valence-corrected chi connectivity index (χ2v) is 4.13. The van der Waals surface area contributed by atoms with E-state index in [0.717, 1.165) is 12.0 Å². The van der Waals surface area contributed by atoms with Crippen LogP contribution >= 0.6 is 0 Å². The Bertz CT molecular complexity index is 568. The van der Waals surface area contributed by atoms with Crippen LogP contribution in [-0.4, -0.2) is 12.5 Å². The number of rotatable bonds is 5. The molecule has 4 heteroatoms. The van der Waals surface area contributed by atoms with Gasteiger partial charge in [0.15, 0.2) is 0 Å². The molecular formula is C15H15N2O2. The first-order valence-corrected chi connectivity index (χ1v) is 5.99. The van der Waals surface area contributed by atoms with Crippen LogP contribution < -0.4 is 16.2 Å². The van der Waals surface area contributed by atoms with Crippen molar-refractivity contribution in [3.63, 3.8) is 0 Å². The van der Waals surface area contributed by atoms with Gasteiger partial charge in [0.25, 0.3) is 5.91 Å². The molecule has 3 N–H and O–H groups in total. The van der Waals surface area contributed by atoms with Crippen LogP contribution in [0.5, 0.6) is 5.75 Å². The standard InChI is InChI=1S/C15H15N2O2/c16-12-7-4-8-13(14(12)15(17)18)19-10-9-11-5-2-1-3-6-11/h1-8,16H,9-10H2,(H2,17,18). The number of nitrogens with two attached hydrogens (primary N) is 1. The van der Waals surface area contributed by atoms with E-state index in [1.54, 1.807) is 12.1 Å². The topological polar surface area (TPSA) is 76.1 Å². The Morgan fingerprint density at radius 3 is 2.53 bits per heavy atom. The van der Waals surface area contributed by atoms with Crippen molar-refractivity contribution in [2.75, 3.05) is 6.61 Å². The van der Waals surface area contributed by atoms with E-state index in [9.17, 15) is 4.79 Å². The van der Waals surface area contributed by atoms with Crippen molar-refractivity contribution in [1.29, 1.82) is 0 Å². The molecule has 0 spiro atoms. The van der Waals surface area contributed by atoms with Gasteiger partial charge in [-0.05, 0) is 17.7 Å². The summed E-state index contributed by atoms with van der Waals surface area (Å²) in [5, 5.41) is 0. The molecule has 0 fully saturated rings. The number of carbonyl (C=O) groups is 1. The molecule has 2 rings (SSSR count). The van der Waals surface area contributed by atoms with E-state index in [4.69, 9.17) is 16.2 Å². The van der Waals surface area contributed by atoms with Crippen LogP contribution in [0.2, 0.25) is 0 Å². The van der Waals surface area contributed by atoms with Crippen LogP contribution in [0.4, 0.5) is 5.69 Å². The molecule has 0 saturated carbocycles. The lowest BCUT2D eigenvalue weighted by Crippen LogP contribution is -2.14. The van der Waals surface area contributed by atoms with Crippen molar-refractivity contribution in [1.82, 2.24) is 5.73 Å². The van der Waals surface area contributed by atoms with Crippen molar-refractivity contribution < 1.29 is 9.53 Å². The number of primary amides is 1. The van der Waals surface area contributed by atoms with Crippen LogP contribution in [0.15, 0.2) is 48.5 Å². The third-order valence-corrected chi connectivity index (χ3v) is 2.76. The molecular weight excluding hydrogens is 240 g/mol. The molecule has 4 nitrogen and oxygen atoms in total. The van der Waals surface area contributed by atoms with E-state index in [0.29, 0.717) is 12.4 Å². The molecule has 0 aliphatic heterocycles. The van der Waals surface area contributed by atoms with Gasteiger partial charge in [-0.25, -0.2) is 0 Å². The molecule has 1 radical (unpaired) electrons. The Kier molecular flexibility index (Phi) is 4.03. The molecule has 0 heterocycles. The average molecular weight is 255 g/mol. The smallest absolute Gasteiger partial charge is 0.254 e. The molecule has 0 unspecified atom stereocenters. The van der Waals surface area contributed by atoms with E-state index in [-0.39, 0.29) is 11.3 Å². The Morgan fingerprint density at radius 1 is 1.11 bits per heavy atom. The molecule has 2 aromatic rings. The predicted octanol–water partition coefficient (Wildman–Crippen LogP) is 2.32. The maximum absolute atomic E-state index is 11.3. The molecule has 1 amide bonds. The number of carbonyl (C=O) groups excluding carboxylic acids is 1. The van der Waals surface area contributed by atoms with Crippen molar-refractivity contribution in [3.8, 4) is 5.75 Å². The summed E-state index contributed by atoms with van der Waals surface area (Å²) in [6.07, 6.45) is 0.737. The van der Waals surface area contributed by atoms with Gasteiger partial charge in [-0.2, -0.15) is 0 Å². The maximum Gasteiger partial charge on any atom is 0.254 e. The summed E-state index contributed by atoms with van der Waals surface area (Å²) in [5.74, 6) is -0.267. The number of benzene rings is 2. The van der Waals surface area contributed by atoms with E-state index in [1.165, 1.54) is 6.07 Å². The van der Waals surface area contributed by atoms with Gasteiger partial charge in [0.05, 0.1) is 12.3 Å². The maximum atomic E-state index is 11.3. The molecule has 2 aromatic carbocycles. The van der Waals surface area contributed by atoms with Gasteiger partial charge < -0.3 is 10.5 Å². The Morgan fingerprint density at radius 2 is 1.84 bits per heavy atom. The highest BCUT2D eigenvalue weighted by molar-refractivity contribution is 6.00. The molecule has 0 saturated heterocycles. The zero-order valence-electron chi connectivity index (χ0n) is 10.4. The monoisotopic (exact) mass is 255 g/mol. The quantitative estimate of drug-likeness (QED) is 0.890. The number of nitrogens with one attached hydrogen (secondary N) is 1. The van der Waals surface area contributed by atoms with Gasteiger partial charge in [0, 0.05) is 6.42 Å². The normalized spacial score (nSPS) is 10.1. The number of ether oxygens (including phenoxy) is 1. The van der Waals surface area contributed by atoms with E-state index in [2.05, 4.69) is 0 Å². The van der Waals surface area contributed by atoms with E-state index in [1.807, 2.05) is 30.3 Å². The van der Waals surface area contributed by atoms with Gasteiger partial charge in [-0.15, -0.1) is 0 Å². The minimum atomic E-state index is -0.639. The SMILES string of the molecule is [NH]c1cccc(OCCc2ccccc2)c1C(N)=O. The summed E-state index contributed by atoms with van der Waals surface area (Å²) >= 11 is 0. The highest BCUT2D eigenvalue weighted by Crippen LogP contribution is 2.24. The summed E-state index contributed by atoms with van der Waals surface area (Å²) in [4.78, 5) is 11.3. The van der Waals surface area contributed by atoms with Crippen molar-refractivity contribution >= 4 is 11.6 Å². The van der Waals surface area contributed by atoms with E-state index >= 15 is 0 Å². The average Bonchev–Trinajstić information content (AvgIpc) is 2.39. The Balaban J connectivity index is 2.04. The zero-order valence-corrected chi connectivity index (χ0v) is 10.4. The van der Waals surface area contributed by atoms with Crippen molar-refractivity contribution in [2.24, 2.45) is 5.73 Å². The number of hydrogen-bond donors (Lipinski definition) is 1. The number of amides is 1. The fourth-order valence-corrected chi connectivity index (χ4v) is 1.83. The molecule has 19 heavy (non-hydrogen) atoms. The van der Waals surface area contributed by atoms with Crippen molar-refractivity contribution in [3.05, 3.63) is 59.7 Å². The molecule has 0 atom stereocenters. The van der Waals surface area contributed by atoms with Crippen LogP contribution in [0.3, 0.4) is 0 Å². The summed E-state index contributed by atoms with van der Waals surface area (Å²) in [7, 11) is 0. The minimum Gasteiger partial charge on any atom is -0.492 e. The van der Waals surface area contributed by atoms with Gasteiger partial charge >= 0.3 is 0 Å². The molecule has 0 bridgehead atoms. The third kappa shape index (κ3) is 3.25. The van der Waals surface area contributed by atoms with Gasteiger partial charge in [-0.1, -0.05) is 36.4 Å². The fourth-order valence-electron chi connectivity index (χ4n) is 1.83. The highest BCUT2D eigenvalue weighted by atomic mass is 16.5. The van der Waals surface area contributed by atoms with Crippen LogP contribution in [-0.2, 0) is 6.42 Å². The van der Waals surface area contributed by atoms with Crippen LogP contribution in [0.1, 0.15) is 15.9 Å². The lowest BCUT2D eigenvalue weighted by molar-refractivity contribution is 0.0997. The van der Waals surface area contributed by atoms with E-state index < -0.39 is 5.91 Å². The lowest BCUT2D eigenvalue weighted by atomic mass is 10.1. The van der Waals surface area contributed by atoms with Gasteiger partial charge in [-0.3, -0.25) is 10.5 Å². The zero-order chi connectivity index (χ0) is 13.7. The summed E-state index contributed by atoms with van der Waals surface area (Å²) < 4.78 is 5.56. The minimum absolute atomic E-state index is 0.0877. The molecule has 0 aromatic heterocycles. The van der Waals surface area contributed by atoms with Gasteiger partial charge in [0.1, 0.15) is 11.3 Å². The third-order valence-electron chi connectivity index (χ3n) is 2.76. The Labute approximate surface area is 112 Å². The molecule has 0 aliphatic carbocycles. The second-order valence-electron chi connectivity index (χ2n) is 4.13. The first-order valence-electron chi connectivity index (χ1n) is 5.99. The van der Waals surface area contributed by atoms with Crippen LogP contribution in [0, 0.1) is 0 Å². The molecule has 0 aliphatic rings. The highest BCUT2D eigenvalue weighted by Gasteiger charge is 2.13. The number of hydrogen-bond acceptors (Lipinski definition) is 2. The second kappa shape index (κ2) is 5.91. The summed E-state index contributed by atoms with van der Waals surface area (Å²) in [5.41, 5.74) is 14.3. The fraction of sp³-hybridized carbons (Fsp3) is 0.133. The van der Waals surface area contributed by atoms with Crippen molar-refractivity contribution in [2.45, 2.75) is 6.42 Å². The van der Waals surface area contributed by atoms with Crippen LogP contribution in [0.25, 0.3) is 0 Å². The Hall–Kier alpha value is -2.49. The summed E-state index contributed by atoms with van der Waals surface area (Å²) in [6.45, 7) is 0.438. The lowest BCUT2D eigenvalue weighted by Gasteiger charge is -2.10. The first-order chi connectivity index (χ1) is 9.18. The largest absolute Gasteiger partial charge is 0.492 e. The predicted molar refractivity (Wildman–Crippen MR) is 73.4 cm³/mol. The van der Waals surface area contributed by atoms with Gasteiger partial charge in [0.2, 0.25) is 0 Å².